The predicted octanol–water partition coefficient (Wildman–Crippen LogP) is 5.04. The molecule has 2 aromatic carbocycles. The van der Waals surface area contributed by atoms with Crippen LogP contribution in [-0.2, 0) is 12.3 Å². The lowest BCUT2D eigenvalue weighted by Gasteiger charge is -2.15. The summed E-state index contributed by atoms with van der Waals surface area (Å²) in [5.41, 5.74) is 3.05. The van der Waals surface area contributed by atoms with E-state index in [-0.39, 0.29) is 11.9 Å². The minimum Gasteiger partial charge on any atom is -0.342 e. The fourth-order valence-electron chi connectivity index (χ4n) is 2.80. The summed E-state index contributed by atoms with van der Waals surface area (Å²) in [6.07, 6.45) is 0. The first kappa shape index (κ1) is 20.4. The van der Waals surface area contributed by atoms with Crippen LogP contribution >= 0.6 is 23.4 Å². The zero-order chi connectivity index (χ0) is 20.1. The van der Waals surface area contributed by atoms with Crippen LogP contribution in [0.15, 0.2) is 53.7 Å². The standard InChI is InChI=1S/C21H23ClN4OS/c1-4-26-19(15(3)23-20(27)17-9-11-18(22)12-10-17)24-25-21(26)28-13-16-7-5-14(2)6-8-16/h5-12,15H,4,13H2,1-3H3,(H,23,27). The molecule has 3 rings (SSSR count). The quantitative estimate of drug-likeness (QED) is 0.550. The van der Waals surface area contributed by atoms with Gasteiger partial charge in [-0.2, -0.15) is 0 Å². The SMILES string of the molecule is CCn1c(SCc2ccc(C)cc2)nnc1C(C)NC(=O)c1ccc(Cl)cc1. The average molecular weight is 415 g/mol. The number of rotatable bonds is 7. The zero-order valence-corrected chi connectivity index (χ0v) is 17.7. The summed E-state index contributed by atoms with van der Waals surface area (Å²) in [5.74, 6) is 1.41. The van der Waals surface area contributed by atoms with Crippen LogP contribution in [0, 0.1) is 6.92 Å². The topological polar surface area (TPSA) is 59.8 Å². The average Bonchev–Trinajstić information content (AvgIpc) is 3.11. The number of nitrogens with one attached hydrogen (secondary N) is 1. The molecule has 0 saturated carbocycles. The van der Waals surface area contributed by atoms with E-state index in [1.807, 2.05) is 11.5 Å². The first-order chi connectivity index (χ1) is 13.5. The number of benzene rings is 2. The summed E-state index contributed by atoms with van der Waals surface area (Å²) < 4.78 is 2.05. The highest BCUT2D eigenvalue weighted by Crippen LogP contribution is 2.24. The summed E-state index contributed by atoms with van der Waals surface area (Å²) in [6.45, 7) is 6.78. The molecule has 1 heterocycles. The van der Waals surface area contributed by atoms with Crippen LogP contribution in [-0.4, -0.2) is 20.7 Å². The lowest BCUT2D eigenvalue weighted by atomic mass is 10.2. The third-order valence-corrected chi connectivity index (χ3v) is 5.68. The second-order valence-electron chi connectivity index (χ2n) is 6.56. The summed E-state index contributed by atoms with van der Waals surface area (Å²) >= 11 is 7.53. The highest BCUT2D eigenvalue weighted by Gasteiger charge is 2.19. The molecule has 0 radical (unpaired) electrons. The van der Waals surface area contributed by atoms with Crippen molar-refractivity contribution >= 4 is 29.3 Å². The Labute approximate surface area is 174 Å². The number of aromatic nitrogens is 3. The van der Waals surface area contributed by atoms with Crippen molar-refractivity contribution < 1.29 is 4.79 Å². The minimum atomic E-state index is -0.260. The highest BCUT2D eigenvalue weighted by atomic mass is 35.5. The van der Waals surface area contributed by atoms with Crippen molar-refractivity contribution in [3.8, 4) is 0 Å². The molecule has 0 saturated heterocycles. The molecule has 28 heavy (non-hydrogen) atoms. The number of nitrogens with zero attached hydrogens (tertiary/aromatic N) is 3. The Kier molecular flexibility index (Phi) is 6.75. The molecule has 7 heteroatoms. The van der Waals surface area contributed by atoms with Crippen LogP contribution in [0.5, 0.6) is 0 Å². The Bertz CT molecular complexity index is 938. The molecule has 1 unspecified atom stereocenters. The van der Waals surface area contributed by atoms with E-state index in [1.165, 1.54) is 11.1 Å². The molecule has 1 atom stereocenters. The second kappa shape index (κ2) is 9.26. The fraction of sp³-hybridized carbons (Fsp3) is 0.286. The third-order valence-electron chi connectivity index (χ3n) is 4.39. The van der Waals surface area contributed by atoms with Gasteiger partial charge in [-0.05, 0) is 50.6 Å². The van der Waals surface area contributed by atoms with Crippen molar-refractivity contribution in [1.82, 2.24) is 20.1 Å². The summed E-state index contributed by atoms with van der Waals surface area (Å²) in [7, 11) is 0. The molecule has 1 amide bonds. The maximum Gasteiger partial charge on any atom is 0.251 e. The van der Waals surface area contributed by atoms with Gasteiger partial charge in [0, 0.05) is 22.9 Å². The largest absolute Gasteiger partial charge is 0.342 e. The normalized spacial score (nSPS) is 12.0. The maximum absolute atomic E-state index is 12.5. The zero-order valence-electron chi connectivity index (χ0n) is 16.1. The minimum absolute atomic E-state index is 0.163. The van der Waals surface area contributed by atoms with E-state index in [9.17, 15) is 4.79 Å². The molecule has 3 aromatic rings. The van der Waals surface area contributed by atoms with E-state index in [0.717, 1.165) is 23.3 Å². The van der Waals surface area contributed by atoms with Crippen molar-refractivity contribution in [3.05, 3.63) is 76.1 Å². The van der Waals surface area contributed by atoms with E-state index in [0.29, 0.717) is 10.6 Å². The number of hydrogen-bond donors (Lipinski definition) is 1. The lowest BCUT2D eigenvalue weighted by Crippen LogP contribution is -2.28. The van der Waals surface area contributed by atoms with Gasteiger partial charge in [0.2, 0.25) is 0 Å². The molecule has 1 N–H and O–H groups in total. The van der Waals surface area contributed by atoms with E-state index in [4.69, 9.17) is 11.6 Å². The first-order valence-corrected chi connectivity index (χ1v) is 10.5. The van der Waals surface area contributed by atoms with Gasteiger partial charge in [-0.1, -0.05) is 53.2 Å². The number of aryl methyl sites for hydroxylation is 1. The molecule has 0 aliphatic rings. The van der Waals surface area contributed by atoms with Crippen LogP contribution < -0.4 is 5.32 Å². The molecule has 0 bridgehead atoms. The van der Waals surface area contributed by atoms with Gasteiger partial charge in [0.05, 0.1) is 6.04 Å². The van der Waals surface area contributed by atoms with Gasteiger partial charge in [0.1, 0.15) is 0 Å². The molecule has 5 nitrogen and oxygen atoms in total. The van der Waals surface area contributed by atoms with Crippen LogP contribution in [0.25, 0.3) is 0 Å². The monoisotopic (exact) mass is 414 g/mol. The summed E-state index contributed by atoms with van der Waals surface area (Å²) in [6, 6.07) is 15.0. The van der Waals surface area contributed by atoms with Crippen LogP contribution in [0.1, 0.15) is 47.2 Å². The number of hydrogen-bond acceptors (Lipinski definition) is 4. The number of carbonyl (C=O) groups excluding carboxylic acids is 1. The van der Waals surface area contributed by atoms with E-state index in [1.54, 1.807) is 36.0 Å². The van der Waals surface area contributed by atoms with Crippen molar-refractivity contribution in [3.63, 3.8) is 0 Å². The van der Waals surface area contributed by atoms with E-state index < -0.39 is 0 Å². The number of halogens is 1. The van der Waals surface area contributed by atoms with E-state index in [2.05, 4.69) is 53.6 Å². The fourth-order valence-corrected chi connectivity index (χ4v) is 3.89. The highest BCUT2D eigenvalue weighted by molar-refractivity contribution is 7.98. The maximum atomic E-state index is 12.5. The molecular formula is C21H23ClN4OS. The molecule has 0 aliphatic heterocycles. The Hall–Kier alpha value is -2.31. The second-order valence-corrected chi connectivity index (χ2v) is 7.94. The third kappa shape index (κ3) is 4.94. The lowest BCUT2D eigenvalue weighted by molar-refractivity contribution is 0.0937. The Morgan fingerprint density at radius 3 is 2.46 bits per heavy atom. The van der Waals surface area contributed by atoms with Gasteiger partial charge in [0.15, 0.2) is 11.0 Å². The first-order valence-electron chi connectivity index (χ1n) is 9.15. The summed E-state index contributed by atoms with van der Waals surface area (Å²) in [5, 5.41) is 13.1. The van der Waals surface area contributed by atoms with Gasteiger partial charge >= 0.3 is 0 Å². The van der Waals surface area contributed by atoms with Crippen LogP contribution in [0.4, 0.5) is 0 Å². The summed E-state index contributed by atoms with van der Waals surface area (Å²) in [4.78, 5) is 12.5. The van der Waals surface area contributed by atoms with Crippen LogP contribution in [0.3, 0.4) is 0 Å². The van der Waals surface area contributed by atoms with Crippen molar-refractivity contribution in [2.24, 2.45) is 0 Å². The predicted molar refractivity (Wildman–Crippen MR) is 114 cm³/mol. The smallest absolute Gasteiger partial charge is 0.251 e. The van der Waals surface area contributed by atoms with Crippen LogP contribution in [0.2, 0.25) is 5.02 Å². The number of thioether (sulfide) groups is 1. The van der Waals surface area contributed by atoms with Gasteiger partial charge in [-0.25, -0.2) is 0 Å². The molecule has 0 spiro atoms. The molecule has 1 aromatic heterocycles. The molecule has 0 fully saturated rings. The van der Waals surface area contributed by atoms with Gasteiger partial charge in [-0.3, -0.25) is 4.79 Å². The van der Waals surface area contributed by atoms with Crippen molar-refractivity contribution in [2.45, 2.75) is 44.3 Å². The van der Waals surface area contributed by atoms with E-state index >= 15 is 0 Å². The molecular weight excluding hydrogens is 392 g/mol. The van der Waals surface area contributed by atoms with Gasteiger partial charge < -0.3 is 9.88 Å². The van der Waals surface area contributed by atoms with Gasteiger partial charge in [-0.15, -0.1) is 10.2 Å². The Morgan fingerprint density at radius 2 is 1.82 bits per heavy atom. The van der Waals surface area contributed by atoms with Gasteiger partial charge in [0.25, 0.3) is 5.91 Å². The number of carbonyl (C=O) groups is 1. The Morgan fingerprint density at radius 1 is 1.14 bits per heavy atom. The van der Waals surface area contributed by atoms with Crippen molar-refractivity contribution in [1.29, 1.82) is 0 Å². The Balaban J connectivity index is 1.68. The number of amides is 1. The molecule has 146 valence electrons. The molecule has 0 aliphatic carbocycles. The van der Waals surface area contributed by atoms with Crippen molar-refractivity contribution in [2.75, 3.05) is 0 Å².